The van der Waals surface area contributed by atoms with E-state index >= 15 is 0 Å². The molecule has 9 heteroatoms. The zero-order chi connectivity index (χ0) is 24.4. The van der Waals surface area contributed by atoms with Crippen LogP contribution in [0, 0.1) is 13.8 Å². The van der Waals surface area contributed by atoms with Gasteiger partial charge < -0.3 is 18.6 Å². The molecule has 0 fully saturated rings. The zero-order valence-corrected chi connectivity index (χ0v) is 20.8. The number of benzene rings is 1. The Kier molecular flexibility index (Phi) is 6.59. The smallest absolute Gasteiger partial charge is 0.191 e. The summed E-state index contributed by atoms with van der Waals surface area (Å²) in [6.45, 7) is 7.96. The Bertz CT molecular complexity index is 1360. The first-order valence-corrected chi connectivity index (χ1v) is 12.6. The summed E-state index contributed by atoms with van der Waals surface area (Å²) in [5.41, 5.74) is 4.50. The van der Waals surface area contributed by atoms with Crippen molar-refractivity contribution in [2.75, 3.05) is 19.0 Å². The summed E-state index contributed by atoms with van der Waals surface area (Å²) >= 11 is 1.42. The second-order valence-corrected chi connectivity index (χ2v) is 9.30. The number of hydrogen-bond donors (Lipinski definition) is 0. The molecule has 1 aliphatic heterocycles. The van der Waals surface area contributed by atoms with Crippen molar-refractivity contribution in [3.05, 3.63) is 65.7 Å². The summed E-state index contributed by atoms with van der Waals surface area (Å²) in [6, 6.07) is 11.7. The first kappa shape index (κ1) is 23.2. The fraction of sp³-hybridized carbons (Fsp3) is 0.308. The predicted molar refractivity (Wildman–Crippen MR) is 135 cm³/mol. The van der Waals surface area contributed by atoms with E-state index in [9.17, 15) is 4.79 Å². The van der Waals surface area contributed by atoms with E-state index < -0.39 is 0 Å². The molecule has 1 aliphatic rings. The lowest BCUT2D eigenvalue weighted by atomic mass is 10.2. The van der Waals surface area contributed by atoms with E-state index in [1.54, 1.807) is 12.4 Å². The minimum atomic E-state index is 0.0587. The van der Waals surface area contributed by atoms with Crippen LogP contribution in [0.25, 0.3) is 17.1 Å². The van der Waals surface area contributed by atoms with Gasteiger partial charge in [0.05, 0.1) is 5.75 Å². The Morgan fingerprint density at radius 3 is 2.57 bits per heavy atom. The van der Waals surface area contributed by atoms with E-state index in [0.717, 1.165) is 58.1 Å². The summed E-state index contributed by atoms with van der Waals surface area (Å²) in [6.07, 6.45) is 4.43. The Hall–Kier alpha value is -3.59. The number of fused-ring (bicyclic) bond motifs is 1. The van der Waals surface area contributed by atoms with Crippen LogP contribution in [0.3, 0.4) is 0 Å². The highest BCUT2D eigenvalue weighted by Gasteiger charge is 2.21. The summed E-state index contributed by atoms with van der Waals surface area (Å²) in [7, 11) is 0. The fourth-order valence-electron chi connectivity index (χ4n) is 4.36. The predicted octanol–water partition coefficient (Wildman–Crippen LogP) is 4.90. The maximum atomic E-state index is 13.3. The molecule has 0 radical (unpaired) electrons. The van der Waals surface area contributed by atoms with Crippen molar-refractivity contribution in [3.8, 4) is 28.6 Å². The second-order valence-electron chi connectivity index (χ2n) is 8.35. The maximum Gasteiger partial charge on any atom is 0.191 e. The minimum absolute atomic E-state index is 0.0587. The molecule has 0 atom stereocenters. The number of carbonyl (C=O) groups is 1. The van der Waals surface area contributed by atoms with Crippen molar-refractivity contribution in [1.29, 1.82) is 0 Å². The molecule has 8 nitrogen and oxygen atoms in total. The molecule has 0 saturated carbocycles. The van der Waals surface area contributed by atoms with Gasteiger partial charge in [0.1, 0.15) is 13.2 Å². The lowest BCUT2D eigenvalue weighted by molar-refractivity contribution is 0.102. The van der Waals surface area contributed by atoms with E-state index in [4.69, 9.17) is 9.47 Å². The first-order valence-electron chi connectivity index (χ1n) is 11.7. The molecule has 0 amide bonds. The van der Waals surface area contributed by atoms with Crippen LogP contribution < -0.4 is 9.47 Å². The average Bonchev–Trinajstić information content (AvgIpc) is 3.42. The minimum Gasteiger partial charge on any atom is -0.486 e. The van der Waals surface area contributed by atoms with Crippen LogP contribution in [0.1, 0.15) is 35.1 Å². The highest BCUT2D eigenvalue weighted by atomic mass is 32.2. The Labute approximate surface area is 208 Å². The largest absolute Gasteiger partial charge is 0.486 e. The molecule has 4 heterocycles. The van der Waals surface area contributed by atoms with Crippen LogP contribution in [0.2, 0.25) is 0 Å². The number of aryl methyl sites for hydroxylation is 1. The van der Waals surface area contributed by atoms with Gasteiger partial charge in [0.15, 0.2) is 28.3 Å². The lowest BCUT2D eigenvalue weighted by Gasteiger charge is -2.20. The molecule has 0 unspecified atom stereocenters. The topological polar surface area (TPSA) is 84.1 Å². The number of ketones is 1. The molecule has 0 aliphatic carbocycles. The lowest BCUT2D eigenvalue weighted by Crippen LogP contribution is -2.15. The summed E-state index contributed by atoms with van der Waals surface area (Å²) in [5.74, 6) is 2.61. The van der Waals surface area contributed by atoms with Crippen molar-refractivity contribution in [3.63, 3.8) is 0 Å². The van der Waals surface area contributed by atoms with Gasteiger partial charge >= 0.3 is 0 Å². The molecule has 5 rings (SSSR count). The molecule has 3 aromatic heterocycles. The average molecular weight is 490 g/mol. The van der Waals surface area contributed by atoms with Crippen molar-refractivity contribution < 1.29 is 14.3 Å². The monoisotopic (exact) mass is 489 g/mol. The number of Topliss-reactive ketones (excluding diaryl/α,β-unsaturated/α-hetero) is 1. The van der Waals surface area contributed by atoms with Gasteiger partial charge in [-0.15, -0.1) is 10.2 Å². The van der Waals surface area contributed by atoms with Gasteiger partial charge in [0.25, 0.3) is 0 Å². The van der Waals surface area contributed by atoms with Gasteiger partial charge in [-0.05, 0) is 50.6 Å². The SMILES string of the molecule is CCCn1c(SCC(=O)c2cc(C)n(-c3ccc4c(c3)OCCO4)c2C)nnc1-c1ccncc1. The quantitative estimate of drug-likeness (QED) is 0.257. The number of thioether (sulfide) groups is 1. The van der Waals surface area contributed by atoms with Crippen LogP contribution in [-0.4, -0.2) is 49.1 Å². The summed E-state index contributed by atoms with van der Waals surface area (Å²) in [4.78, 5) is 17.4. The van der Waals surface area contributed by atoms with Gasteiger partial charge in [-0.1, -0.05) is 18.7 Å². The van der Waals surface area contributed by atoms with Gasteiger partial charge in [0.2, 0.25) is 0 Å². The van der Waals surface area contributed by atoms with E-state index in [2.05, 4.69) is 31.2 Å². The molecule has 1 aromatic carbocycles. The number of pyridine rings is 1. The van der Waals surface area contributed by atoms with Crippen LogP contribution in [0.5, 0.6) is 11.5 Å². The molecule has 35 heavy (non-hydrogen) atoms. The normalized spacial score (nSPS) is 12.7. The van der Waals surface area contributed by atoms with E-state index in [1.165, 1.54) is 11.8 Å². The van der Waals surface area contributed by atoms with Crippen molar-refractivity contribution in [1.82, 2.24) is 24.3 Å². The molecule has 180 valence electrons. The van der Waals surface area contributed by atoms with Gasteiger partial charge in [-0.25, -0.2) is 0 Å². The molecule has 0 bridgehead atoms. The van der Waals surface area contributed by atoms with E-state index in [1.807, 2.05) is 50.2 Å². The number of carbonyl (C=O) groups excluding carboxylic acids is 1. The van der Waals surface area contributed by atoms with Crippen molar-refractivity contribution in [2.24, 2.45) is 0 Å². The highest BCUT2D eigenvalue weighted by Crippen LogP contribution is 2.34. The van der Waals surface area contributed by atoms with Gasteiger partial charge in [-0.2, -0.15) is 0 Å². The molecule has 0 N–H and O–H groups in total. The Balaban J connectivity index is 1.37. The molecular formula is C26H27N5O3S. The molecular weight excluding hydrogens is 462 g/mol. The highest BCUT2D eigenvalue weighted by molar-refractivity contribution is 7.99. The van der Waals surface area contributed by atoms with Crippen LogP contribution >= 0.6 is 11.8 Å². The third-order valence-electron chi connectivity index (χ3n) is 5.95. The first-order chi connectivity index (χ1) is 17.1. The fourth-order valence-corrected chi connectivity index (χ4v) is 5.20. The van der Waals surface area contributed by atoms with Crippen molar-refractivity contribution >= 4 is 17.5 Å². The number of rotatable bonds is 8. The Morgan fingerprint density at radius 2 is 1.80 bits per heavy atom. The van der Waals surface area contributed by atoms with E-state index in [-0.39, 0.29) is 11.5 Å². The van der Waals surface area contributed by atoms with E-state index in [0.29, 0.717) is 18.8 Å². The molecule has 0 spiro atoms. The second kappa shape index (κ2) is 9.95. The number of hydrogen-bond acceptors (Lipinski definition) is 7. The van der Waals surface area contributed by atoms with Gasteiger partial charge in [0, 0.05) is 53.2 Å². The van der Waals surface area contributed by atoms with Crippen LogP contribution in [-0.2, 0) is 6.54 Å². The summed E-state index contributed by atoms with van der Waals surface area (Å²) in [5, 5.41) is 9.52. The standard InChI is InChI=1S/C26H27N5O3S/c1-4-11-30-25(19-7-9-27-10-8-19)28-29-26(30)35-16-22(32)21-14-17(2)31(18(21)3)20-5-6-23-24(15-20)34-13-12-33-23/h5-10,14-15H,4,11-13,16H2,1-3H3. The number of aromatic nitrogens is 5. The van der Waals surface area contributed by atoms with Crippen molar-refractivity contribution in [2.45, 2.75) is 38.9 Å². The zero-order valence-electron chi connectivity index (χ0n) is 20.0. The molecule has 4 aromatic rings. The Morgan fingerprint density at radius 1 is 1.03 bits per heavy atom. The third-order valence-corrected chi connectivity index (χ3v) is 6.92. The summed E-state index contributed by atoms with van der Waals surface area (Å²) < 4.78 is 15.5. The number of ether oxygens (including phenoxy) is 2. The van der Waals surface area contributed by atoms with Crippen LogP contribution in [0.4, 0.5) is 0 Å². The van der Waals surface area contributed by atoms with Gasteiger partial charge in [-0.3, -0.25) is 9.78 Å². The maximum absolute atomic E-state index is 13.3. The third kappa shape index (κ3) is 4.55. The number of nitrogens with zero attached hydrogens (tertiary/aromatic N) is 5. The van der Waals surface area contributed by atoms with Crippen LogP contribution in [0.15, 0.2) is 53.9 Å². The molecule has 0 saturated heterocycles.